The molecule has 110 valence electrons. The molecule has 3 rings (SSSR count). The van der Waals surface area contributed by atoms with Gasteiger partial charge in [-0.05, 0) is 66.7 Å². The molecule has 0 radical (unpaired) electrons. The predicted molar refractivity (Wildman–Crippen MR) is 89.5 cm³/mol. The first kappa shape index (κ1) is 14.5. The van der Waals surface area contributed by atoms with Crippen molar-refractivity contribution in [1.82, 2.24) is 5.32 Å². The van der Waals surface area contributed by atoms with Gasteiger partial charge in [-0.3, -0.25) is 0 Å². The van der Waals surface area contributed by atoms with Crippen LogP contribution in [0.5, 0.6) is 0 Å². The number of nitrogens with one attached hydrogen (secondary N) is 1. The van der Waals surface area contributed by atoms with E-state index in [1.165, 1.54) is 49.2 Å². The molecule has 1 heterocycles. The van der Waals surface area contributed by atoms with E-state index in [0.29, 0.717) is 6.04 Å². The summed E-state index contributed by atoms with van der Waals surface area (Å²) in [6.07, 6.45) is 6.82. The molecule has 1 nitrogen and oxygen atoms in total. The standard InChI is InChI=1S/C18H27NS/c1-2-10-19-18(17-9-11-20-13-17)16-8-4-7-15(12-16)14-5-3-6-14/h4,7-8,12,14,17-19H,2-3,5-6,9-11,13H2,1H3. The Bertz CT molecular complexity index is 421. The van der Waals surface area contributed by atoms with Crippen LogP contribution >= 0.6 is 11.8 Å². The molecule has 2 aliphatic rings. The molecule has 1 aliphatic heterocycles. The summed E-state index contributed by atoms with van der Waals surface area (Å²) < 4.78 is 0. The highest BCUT2D eigenvalue weighted by Crippen LogP contribution is 2.39. The summed E-state index contributed by atoms with van der Waals surface area (Å²) in [5, 5.41) is 3.82. The largest absolute Gasteiger partial charge is 0.310 e. The van der Waals surface area contributed by atoms with Gasteiger partial charge in [0.1, 0.15) is 0 Å². The van der Waals surface area contributed by atoms with Gasteiger partial charge in [0.2, 0.25) is 0 Å². The Labute approximate surface area is 127 Å². The Balaban J connectivity index is 1.77. The molecule has 0 amide bonds. The van der Waals surface area contributed by atoms with E-state index in [1.54, 1.807) is 5.56 Å². The van der Waals surface area contributed by atoms with E-state index in [1.807, 2.05) is 0 Å². The van der Waals surface area contributed by atoms with Gasteiger partial charge in [-0.1, -0.05) is 37.6 Å². The van der Waals surface area contributed by atoms with E-state index in [2.05, 4.69) is 48.3 Å². The van der Waals surface area contributed by atoms with Crippen molar-refractivity contribution in [1.29, 1.82) is 0 Å². The molecule has 2 heteroatoms. The Kier molecular flexibility index (Phi) is 5.06. The summed E-state index contributed by atoms with van der Waals surface area (Å²) in [7, 11) is 0. The van der Waals surface area contributed by atoms with E-state index in [9.17, 15) is 0 Å². The number of hydrogen-bond donors (Lipinski definition) is 1. The summed E-state index contributed by atoms with van der Waals surface area (Å²) >= 11 is 2.12. The Morgan fingerprint density at radius 3 is 2.85 bits per heavy atom. The smallest absolute Gasteiger partial charge is 0.0356 e. The van der Waals surface area contributed by atoms with Gasteiger partial charge in [0.15, 0.2) is 0 Å². The van der Waals surface area contributed by atoms with Crippen molar-refractivity contribution in [3.8, 4) is 0 Å². The molecule has 1 aromatic carbocycles. The van der Waals surface area contributed by atoms with Crippen LogP contribution < -0.4 is 5.32 Å². The van der Waals surface area contributed by atoms with Crippen LogP contribution in [0.2, 0.25) is 0 Å². The normalized spacial score (nSPS) is 24.6. The fourth-order valence-electron chi connectivity index (χ4n) is 3.42. The maximum atomic E-state index is 3.82. The summed E-state index contributed by atoms with van der Waals surface area (Å²) in [5.41, 5.74) is 3.12. The third-order valence-corrected chi connectivity index (χ3v) is 6.09. The lowest BCUT2D eigenvalue weighted by atomic mass is 9.79. The molecule has 0 bridgehead atoms. The minimum absolute atomic E-state index is 0.574. The van der Waals surface area contributed by atoms with Gasteiger partial charge in [-0.25, -0.2) is 0 Å². The van der Waals surface area contributed by atoms with Crippen LogP contribution in [0.1, 0.15) is 62.1 Å². The second-order valence-corrected chi connectivity index (χ2v) is 7.50. The van der Waals surface area contributed by atoms with Crippen LogP contribution in [0.25, 0.3) is 0 Å². The van der Waals surface area contributed by atoms with Crippen LogP contribution in [0.3, 0.4) is 0 Å². The summed E-state index contributed by atoms with van der Waals surface area (Å²) in [6, 6.07) is 10.0. The van der Waals surface area contributed by atoms with Crippen molar-refractivity contribution in [2.75, 3.05) is 18.1 Å². The maximum Gasteiger partial charge on any atom is 0.0356 e. The molecular weight excluding hydrogens is 262 g/mol. The molecule has 1 aliphatic carbocycles. The molecule has 0 spiro atoms. The Morgan fingerprint density at radius 2 is 2.20 bits per heavy atom. The van der Waals surface area contributed by atoms with Crippen molar-refractivity contribution >= 4 is 11.8 Å². The highest BCUT2D eigenvalue weighted by atomic mass is 32.2. The zero-order chi connectivity index (χ0) is 13.8. The highest BCUT2D eigenvalue weighted by Gasteiger charge is 2.27. The molecule has 1 aromatic rings. The SMILES string of the molecule is CCCNC(c1cccc(C2CCC2)c1)C1CCSC1. The van der Waals surface area contributed by atoms with Gasteiger partial charge < -0.3 is 5.32 Å². The summed E-state index contributed by atoms with van der Waals surface area (Å²) in [4.78, 5) is 0. The lowest BCUT2D eigenvalue weighted by Gasteiger charge is -2.29. The predicted octanol–water partition coefficient (Wildman–Crippen LogP) is 4.75. The van der Waals surface area contributed by atoms with Crippen LogP contribution in [-0.2, 0) is 0 Å². The third-order valence-electron chi connectivity index (χ3n) is 4.90. The summed E-state index contributed by atoms with van der Waals surface area (Å²) in [6.45, 7) is 3.40. The van der Waals surface area contributed by atoms with E-state index in [4.69, 9.17) is 0 Å². The van der Waals surface area contributed by atoms with Gasteiger partial charge in [0, 0.05) is 6.04 Å². The first-order valence-corrected chi connectivity index (χ1v) is 9.45. The first-order chi connectivity index (χ1) is 9.88. The number of hydrogen-bond acceptors (Lipinski definition) is 2. The Hall–Kier alpha value is -0.470. The second-order valence-electron chi connectivity index (χ2n) is 6.35. The van der Waals surface area contributed by atoms with Gasteiger partial charge in [0.25, 0.3) is 0 Å². The number of rotatable bonds is 6. The number of benzene rings is 1. The molecule has 20 heavy (non-hydrogen) atoms. The highest BCUT2D eigenvalue weighted by molar-refractivity contribution is 7.99. The average molecular weight is 289 g/mol. The zero-order valence-electron chi connectivity index (χ0n) is 12.6. The molecule has 2 fully saturated rings. The maximum absolute atomic E-state index is 3.82. The number of thioether (sulfide) groups is 1. The second kappa shape index (κ2) is 7.00. The molecule has 1 saturated carbocycles. The van der Waals surface area contributed by atoms with Crippen molar-refractivity contribution in [2.24, 2.45) is 5.92 Å². The van der Waals surface area contributed by atoms with Crippen LogP contribution in [-0.4, -0.2) is 18.1 Å². The first-order valence-electron chi connectivity index (χ1n) is 8.29. The molecule has 1 saturated heterocycles. The zero-order valence-corrected chi connectivity index (χ0v) is 13.4. The fourth-order valence-corrected chi connectivity index (χ4v) is 4.72. The van der Waals surface area contributed by atoms with Crippen molar-refractivity contribution in [3.05, 3.63) is 35.4 Å². The van der Waals surface area contributed by atoms with Gasteiger partial charge in [0.05, 0.1) is 0 Å². The van der Waals surface area contributed by atoms with E-state index in [-0.39, 0.29) is 0 Å². The molecule has 2 unspecified atom stereocenters. The monoisotopic (exact) mass is 289 g/mol. The topological polar surface area (TPSA) is 12.0 Å². The third kappa shape index (κ3) is 3.23. The van der Waals surface area contributed by atoms with E-state index < -0.39 is 0 Å². The minimum Gasteiger partial charge on any atom is -0.310 e. The van der Waals surface area contributed by atoms with Crippen LogP contribution in [0.4, 0.5) is 0 Å². The van der Waals surface area contributed by atoms with Crippen molar-refractivity contribution in [2.45, 2.75) is 51.0 Å². The molecular formula is C18H27NS. The van der Waals surface area contributed by atoms with Gasteiger partial charge >= 0.3 is 0 Å². The van der Waals surface area contributed by atoms with E-state index >= 15 is 0 Å². The lowest BCUT2D eigenvalue weighted by molar-refractivity contribution is 0.390. The van der Waals surface area contributed by atoms with Gasteiger partial charge in [-0.15, -0.1) is 0 Å². The van der Waals surface area contributed by atoms with Gasteiger partial charge in [-0.2, -0.15) is 11.8 Å². The van der Waals surface area contributed by atoms with E-state index in [0.717, 1.165) is 18.4 Å². The quantitative estimate of drug-likeness (QED) is 0.811. The van der Waals surface area contributed by atoms with Crippen LogP contribution in [0, 0.1) is 5.92 Å². The lowest BCUT2D eigenvalue weighted by Crippen LogP contribution is -2.29. The molecule has 1 N–H and O–H groups in total. The van der Waals surface area contributed by atoms with Crippen molar-refractivity contribution in [3.63, 3.8) is 0 Å². The average Bonchev–Trinajstić information content (AvgIpc) is 2.92. The fraction of sp³-hybridized carbons (Fsp3) is 0.667. The summed E-state index contributed by atoms with van der Waals surface area (Å²) in [5.74, 6) is 4.34. The van der Waals surface area contributed by atoms with Crippen LogP contribution in [0.15, 0.2) is 24.3 Å². The Morgan fingerprint density at radius 1 is 1.30 bits per heavy atom. The van der Waals surface area contributed by atoms with Crippen molar-refractivity contribution < 1.29 is 0 Å². The minimum atomic E-state index is 0.574. The molecule has 2 atom stereocenters. The molecule has 0 aromatic heterocycles.